The van der Waals surface area contributed by atoms with Crippen molar-refractivity contribution in [3.8, 4) is 0 Å². The summed E-state index contributed by atoms with van der Waals surface area (Å²) in [5, 5.41) is 3.36. The number of rotatable bonds is 5. The van der Waals surface area contributed by atoms with Crippen LogP contribution in [0.3, 0.4) is 0 Å². The minimum Gasteiger partial charge on any atom is -0.312 e. The first-order valence-corrected chi connectivity index (χ1v) is 5.83. The van der Waals surface area contributed by atoms with Crippen LogP contribution >= 0.6 is 11.3 Å². The topological polar surface area (TPSA) is 12.0 Å². The first kappa shape index (κ1) is 11.5. The second-order valence-corrected chi connectivity index (χ2v) is 5.10. The summed E-state index contributed by atoms with van der Waals surface area (Å²) in [6, 6.07) is 4.90. The molecule has 1 aromatic rings. The molecule has 1 rings (SSSR count). The van der Waals surface area contributed by atoms with Crippen molar-refractivity contribution in [3.63, 3.8) is 0 Å². The van der Waals surface area contributed by atoms with Gasteiger partial charge in [0.15, 0.2) is 0 Å². The molecular formula is C12H19NS. The van der Waals surface area contributed by atoms with Crippen molar-refractivity contribution in [1.29, 1.82) is 0 Å². The van der Waals surface area contributed by atoms with Crippen molar-refractivity contribution in [2.24, 2.45) is 0 Å². The average molecular weight is 209 g/mol. The Bertz CT molecular complexity index is 301. The molecule has 2 heteroatoms. The van der Waals surface area contributed by atoms with E-state index in [4.69, 9.17) is 0 Å². The minimum absolute atomic E-state index is 0.491. The van der Waals surface area contributed by atoms with Gasteiger partial charge in [-0.25, -0.2) is 0 Å². The number of thiophene rings is 1. The molecule has 1 heterocycles. The zero-order valence-corrected chi connectivity index (χ0v) is 10.1. The number of hydrogen-bond donors (Lipinski definition) is 1. The smallest absolute Gasteiger partial charge is 0.0415 e. The number of hydrogen-bond acceptors (Lipinski definition) is 2. The van der Waals surface area contributed by atoms with Gasteiger partial charge >= 0.3 is 0 Å². The van der Waals surface area contributed by atoms with Crippen molar-refractivity contribution in [2.75, 3.05) is 7.05 Å². The van der Waals surface area contributed by atoms with E-state index in [1.807, 2.05) is 18.4 Å². The molecule has 0 saturated carbocycles. The Balaban J connectivity index is 2.58. The van der Waals surface area contributed by atoms with Gasteiger partial charge in [0.25, 0.3) is 0 Å². The second-order valence-electron chi connectivity index (χ2n) is 3.79. The molecule has 1 aromatic heterocycles. The van der Waals surface area contributed by atoms with Crippen LogP contribution in [0.2, 0.25) is 0 Å². The van der Waals surface area contributed by atoms with Crippen LogP contribution in [-0.2, 0) is 0 Å². The quantitative estimate of drug-likeness (QED) is 0.730. The van der Waals surface area contributed by atoms with Crippen LogP contribution in [0.25, 0.3) is 0 Å². The van der Waals surface area contributed by atoms with Gasteiger partial charge in [-0.1, -0.05) is 5.57 Å². The lowest BCUT2D eigenvalue weighted by Crippen LogP contribution is -2.14. The lowest BCUT2D eigenvalue weighted by atomic mass is 10.1. The minimum atomic E-state index is 0.491. The maximum Gasteiger partial charge on any atom is 0.0415 e. The zero-order valence-electron chi connectivity index (χ0n) is 9.26. The van der Waals surface area contributed by atoms with Crippen molar-refractivity contribution in [1.82, 2.24) is 5.32 Å². The first-order valence-electron chi connectivity index (χ1n) is 5.01. The van der Waals surface area contributed by atoms with Gasteiger partial charge in [-0.2, -0.15) is 0 Å². The van der Waals surface area contributed by atoms with Crippen molar-refractivity contribution < 1.29 is 0 Å². The number of allylic oxidation sites excluding steroid dienone is 1. The van der Waals surface area contributed by atoms with Crippen molar-refractivity contribution in [3.05, 3.63) is 34.0 Å². The van der Waals surface area contributed by atoms with Gasteiger partial charge in [0, 0.05) is 15.8 Å². The number of nitrogens with one attached hydrogen (secondary N) is 1. The van der Waals surface area contributed by atoms with E-state index in [1.54, 1.807) is 0 Å². The third kappa shape index (κ3) is 3.28. The molecule has 0 spiro atoms. The van der Waals surface area contributed by atoms with Crippen molar-refractivity contribution >= 4 is 11.3 Å². The zero-order chi connectivity index (χ0) is 10.6. The highest BCUT2D eigenvalue weighted by Gasteiger charge is 2.10. The van der Waals surface area contributed by atoms with Crippen LogP contribution < -0.4 is 5.32 Å². The lowest BCUT2D eigenvalue weighted by molar-refractivity contribution is 0.557. The Hall–Kier alpha value is -0.600. The first-order chi connectivity index (χ1) is 6.63. The summed E-state index contributed by atoms with van der Waals surface area (Å²) in [4.78, 5) is 2.82. The maximum atomic E-state index is 3.94. The molecule has 0 fully saturated rings. The highest BCUT2D eigenvalue weighted by molar-refractivity contribution is 7.12. The molecule has 0 bridgehead atoms. The molecule has 1 nitrogen and oxygen atoms in total. The van der Waals surface area contributed by atoms with Gasteiger partial charge < -0.3 is 5.32 Å². The molecular weight excluding hydrogens is 190 g/mol. The van der Waals surface area contributed by atoms with E-state index in [0.717, 1.165) is 12.8 Å². The van der Waals surface area contributed by atoms with E-state index in [9.17, 15) is 0 Å². The van der Waals surface area contributed by atoms with E-state index in [0.29, 0.717) is 6.04 Å². The van der Waals surface area contributed by atoms with Crippen molar-refractivity contribution in [2.45, 2.75) is 32.7 Å². The Morgan fingerprint density at radius 3 is 2.71 bits per heavy atom. The van der Waals surface area contributed by atoms with Gasteiger partial charge in [0.05, 0.1) is 0 Å². The summed E-state index contributed by atoms with van der Waals surface area (Å²) >= 11 is 1.88. The van der Waals surface area contributed by atoms with Crippen LogP contribution in [0, 0.1) is 6.92 Å². The van der Waals surface area contributed by atoms with Gasteiger partial charge in [0.2, 0.25) is 0 Å². The summed E-state index contributed by atoms with van der Waals surface area (Å²) in [6.07, 6.45) is 2.24. The van der Waals surface area contributed by atoms with E-state index in [2.05, 4.69) is 37.9 Å². The molecule has 0 radical (unpaired) electrons. The Morgan fingerprint density at radius 1 is 1.57 bits per heavy atom. The van der Waals surface area contributed by atoms with Gasteiger partial charge in [0.1, 0.15) is 0 Å². The fourth-order valence-corrected chi connectivity index (χ4v) is 2.48. The fraction of sp³-hybridized carbons (Fsp3) is 0.500. The van der Waals surface area contributed by atoms with Crippen LogP contribution in [0.15, 0.2) is 24.3 Å². The number of aryl methyl sites for hydroxylation is 1. The molecule has 1 N–H and O–H groups in total. The predicted octanol–water partition coefficient (Wildman–Crippen LogP) is 3.67. The van der Waals surface area contributed by atoms with E-state index < -0.39 is 0 Å². The monoisotopic (exact) mass is 209 g/mol. The average Bonchev–Trinajstić information content (AvgIpc) is 2.53. The highest BCUT2D eigenvalue weighted by Crippen LogP contribution is 2.26. The molecule has 0 aliphatic heterocycles. The predicted molar refractivity (Wildman–Crippen MR) is 64.9 cm³/mol. The van der Waals surface area contributed by atoms with Gasteiger partial charge in [-0.15, -0.1) is 17.9 Å². The van der Waals surface area contributed by atoms with Crippen LogP contribution in [0.1, 0.15) is 35.6 Å². The molecule has 0 amide bonds. The summed E-state index contributed by atoms with van der Waals surface area (Å²) < 4.78 is 0. The SMILES string of the molecule is C=C(C)CCC(NC)c1ccc(C)s1. The third-order valence-corrected chi connectivity index (χ3v) is 3.43. The molecule has 1 atom stereocenters. The Morgan fingerprint density at radius 2 is 2.29 bits per heavy atom. The molecule has 0 saturated heterocycles. The highest BCUT2D eigenvalue weighted by atomic mass is 32.1. The summed E-state index contributed by atoms with van der Waals surface area (Å²) in [5.41, 5.74) is 1.26. The van der Waals surface area contributed by atoms with Gasteiger partial charge in [-0.05, 0) is 45.9 Å². The molecule has 14 heavy (non-hydrogen) atoms. The summed E-state index contributed by atoms with van der Waals surface area (Å²) in [5.74, 6) is 0. The summed E-state index contributed by atoms with van der Waals surface area (Å²) in [6.45, 7) is 8.18. The standard InChI is InChI=1S/C12H19NS/c1-9(2)5-7-11(13-4)12-8-6-10(3)14-12/h6,8,11,13H,1,5,7H2,2-4H3. The Kier molecular flexibility index (Phi) is 4.36. The molecule has 1 unspecified atom stereocenters. The lowest BCUT2D eigenvalue weighted by Gasteiger charge is -2.14. The van der Waals surface area contributed by atoms with Crippen LogP contribution in [-0.4, -0.2) is 7.05 Å². The maximum absolute atomic E-state index is 3.94. The van der Waals surface area contributed by atoms with Crippen LogP contribution in [0.4, 0.5) is 0 Å². The normalized spacial score (nSPS) is 12.8. The van der Waals surface area contributed by atoms with E-state index in [-0.39, 0.29) is 0 Å². The largest absolute Gasteiger partial charge is 0.312 e. The third-order valence-electron chi connectivity index (χ3n) is 2.31. The van der Waals surface area contributed by atoms with Crippen LogP contribution in [0.5, 0.6) is 0 Å². The molecule has 0 aromatic carbocycles. The van der Waals surface area contributed by atoms with E-state index in [1.165, 1.54) is 15.3 Å². The Labute approximate surface area is 90.9 Å². The second kappa shape index (κ2) is 5.32. The van der Waals surface area contributed by atoms with E-state index >= 15 is 0 Å². The van der Waals surface area contributed by atoms with Gasteiger partial charge in [-0.3, -0.25) is 0 Å². The molecule has 0 aliphatic rings. The fourth-order valence-electron chi connectivity index (χ4n) is 1.46. The summed E-state index contributed by atoms with van der Waals surface area (Å²) in [7, 11) is 2.03. The molecule has 0 aliphatic carbocycles. The molecule has 78 valence electrons.